The first kappa shape index (κ1) is 17.5. The number of hydrogen-bond acceptors (Lipinski definition) is 3. The van der Waals surface area contributed by atoms with E-state index in [4.69, 9.17) is 4.74 Å². The van der Waals surface area contributed by atoms with Crippen LogP contribution < -0.4 is 5.32 Å². The second kappa shape index (κ2) is 7.40. The van der Waals surface area contributed by atoms with Gasteiger partial charge in [-0.1, -0.05) is 42.5 Å². The van der Waals surface area contributed by atoms with Crippen molar-refractivity contribution in [1.82, 2.24) is 20.2 Å². The fourth-order valence-electron chi connectivity index (χ4n) is 3.53. The van der Waals surface area contributed by atoms with Crippen LogP contribution in [0.25, 0.3) is 11.0 Å². The van der Waals surface area contributed by atoms with Crippen molar-refractivity contribution in [3.05, 3.63) is 66.0 Å². The third kappa shape index (κ3) is 3.80. The average Bonchev–Trinajstić information content (AvgIpc) is 3.11. The average molecular weight is 364 g/mol. The van der Waals surface area contributed by atoms with Gasteiger partial charge in [0, 0.05) is 19.5 Å². The molecule has 1 aliphatic rings. The van der Waals surface area contributed by atoms with Gasteiger partial charge in [0.25, 0.3) is 0 Å². The number of rotatable bonds is 4. The minimum absolute atomic E-state index is 0.0587. The number of fused-ring (bicyclic) bond motifs is 1. The normalized spacial score (nSPS) is 20.0. The van der Waals surface area contributed by atoms with Crippen molar-refractivity contribution in [2.75, 3.05) is 26.2 Å². The van der Waals surface area contributed by atoms with Gasteiger partial charge >= 0.3 is 6.03 Å². The molecule has 0 radical (unpaired) electrons. The molecule has 2 aromatic carbocycles. The van der Waals surface area contributed by atoms with Crippen LogP contribution in [0.3, 0.4) is 0 Å². The van der Waals surface area contributed by atoms with Crippen LogP contribution in [0.5, 0.6) is 0 Å². The van der Waals surface area contributed by atoms with Crippen LogP contribution in [-0.2, 0) is 16.8 Å². The highest BCUT2D eigenvalue weighted by atomic mass is 16.5. The molecule has 2 N–H and O–H groups in total. The number of aromatic nitrogens is 2. The molecule has 6 nitrogen and oxygen atoms in total. The topological polar surface area (TPSA) is 70.2 Å². The molecule has 1 saturated heterocycles. The third-order valence-corrected chi connectivity index (χ3v) is 5.02. The second-order valence-corrected chi connectivity index (χ2v) is 7.05. The molecule has 6 heteroatoms. The van der Waals surface area contributed by atoms with E-state index in [1.807, 2.05) is 66.4 Å². The van der Waals surface area contributed by atoms with Gasteiger partial charge < -0.3 is 19.9 Å². The van der Waals surface area contributed by atoms with Crippen molar-refractivity contribution in [3.8, 4) is 0 Å². The number of aromatic amines is 1. The monoisotopic (exact) mass is 364 g/mol. The van der Waals surface area contributed by atoms with Crippen LogP contribution in [-0.4, -0.2) is 47.1 Å². The van der Waals surface area contributed by atoms with Crippen LogP contribution in [0.2, 0.25) is 0 Å². The second-order valence-electron chi connectivity index (χ2n) is 7.05. The zero-order valence-electron chi connectivity index (χ0n) is 15.4. The Morgan fingerprint density at radius 2 is 2.00 bits per heavy atom. The van der Waals surface area contributed by atoms with E-state index in [0.29, 0.717) is 32.7 Å². The van der Waals surface area contributed by atoms with Gasteiger partial charge in [-0.15, -0.1) is 0 Å². The lowest BCUT2D eigenvalue weighted by Crippen LogP contribution is -2.53. The Balaban J connectivity index is 1.34. The number of para-hydroxylation sites is 2. The van der Waals surface area contributed by atoms with Crippen LogP contribution >= 0.6 is 0 Å². The zero-order valence-corrected chi connectivity index (χ0v) is 15.4. The molecule has 1 aromatic heterocycles. The molecule has 1 unspecified atom stereocenters. The van der Waals surface area contributed by atoms with Crippen molar-refractivity contribution in [1.29, 1.82) is 0 Å². The van der Waals surface area contributed by atoms with E-state index in [0.717, 1.165) is 22.4 Å². The Hall–Kier alpha value is -2.86. The van der Waals surface area contributed by atoms with E-state index in [1.165, 1.54) is 0 Å². The number of nitrogens with one attached hydrogen (secondary N) is 2. The predicted octanol–water partition coefficient (Wildman–Crippen LogP) is 3.06. The highest BCUT2D eigenvalue weighted by Crippen LogP contribution is 2.29. The van der Waals surface area contributed by atoms with Gasteiger partial charge in [-0.25, -0.2) is 9.78 Å². The zero-order chi connectivity index (χ0) is 18.7. The molecule has 4 rings (SSSR count). The van der Waals surface area contributed by atoms with Gasteiger partial charge in [-0.2, -0.15) is 0 Å². The van der Waals surface area contributed by atoms with E-state index >= 15 is 0 Å². The number of hydrogen-bond donors (Lipinski definition) is 2. The maximum absolute atomic E-state index is 12.6. The molecule has 27 heavy (non-hydrogen) atoms. The van der Waals surface area contributed by atoms with Gasteiger partial charge in [-0.3, -0.25) is 0 Å². The van der Waals surface area contributed by atoms with Crippen LogP contribution in [0.15, 0.2) is 54.6 Å². The first-order valence-corrected chi connectivity index (χ1v) is 9.30. The summed E-state index contributed by atoms with van der Waals surface area (Å²) in [5, 5.41) is 3.01. The Kier molecular flexibility index (Phi) is 4.81. The quantitative estimate of drug-likeness (QED) is 0.747. The number of benzene rings is 2. The molecule has 0 bridgehead atoms. The van der Waals surface area contributed by atoms with Crippen LogP contribution in [0.4, 0.5) is 4.79 Å². The number of amides is 2. The number of morpholine rings is 1. The molecular formula is C21H24N4O2. The fraction of sp³-hybridized carbons (Fsp3) is 0.333. The van der Waals surface area contributed by atoms with Gasteiger partial charge in [0.1, 0.15) is 11.4 Å². The van der Waals surface area contributed by atoms with Crippen LogP contribution in [0.1, 0.15) is 18.3 Å². The van der Waals surface area contributed by atoms with E-state index in [-0.39, 0.29) is 6.03 Å². The van der Waals surface area contributed by atoms with Crippen molar-refractivity contribution >= 4 is 17.1 Å². The summed E-state index contributed by atoms with van der Waals surface area (Å²) in [6, 6.07) is 17.9. The molecule has 3 aromatic rings. The summed E-state index contributed by atoms with van der Waals surface area (Å²) < 4.78 is 6.00. The van der Waals surface area contributed by atoms with Gasteiger partial charge in [0.15, 0.2) is 0 Å². The summed E-state index contributed by atoms with van der Waals surface area (Å²) in [7, 11) is 0. The Morgan fingerprint density at radius 3 is 2.81 bits per heavy atom. The minimum Gasteiger partial charge on any atom is -0.367 e. The molecule has 2 amide bonds. The highest BCUT2D eigenvalue weighted by Gasteiger charge is 2.35. The molecule has 0 saturated carbocycles. The molecule has 0 aliphatic carbocycles. The van der Waals surface area contributed by atoms with Gasteiger partial charge in [0.05, 0.1) is 24.2 Å². The maximum atomic E-state index is 12.6. The minimum atomic E-state index is -0.477. The number of imidazole rings is 1. The van der Waals surface area contributed by atoms with Crippen molar-refractivity contribution < 1.29 is 9.53 Å². The lowest BCUT2D eigenvalue weighted by molar-refractivity contribution is -0.0906. The number of ether oxygens (including phenoxy) is 1. The summed E-state index contributed by atoms with van der Waals surface area (Å²) in [5.41, 5.74) is 2.58. The molecule has 1 aliphatic heterocycles. The van der Waals surface area contributed by atoms with Gasteiger partial charge in [0.2, 0.25) is 0 Å². The van der Waals surface area contributed by atoms with Crippen molar-refractivity contribution in [2.45, 2.75) is 18.9 Å². The first-order valence-electron chi connectivity index (χ1n) is 9.30. The molecule has 1 atom stereocenters. The van der Waals surface area contributed by atoms with E-state index in [1.54, 1.807) is 0 Å². The summed E-state index contributed by atoms with van der Waals surface area (Å²) in [4.78, 5) is 22.3. The highest BCUT2D eigenvalue weighted by molar-refractivity contribution is 5.75. The van der Waals surface area contributed by atoms with E-state index < -0.39 is 5.60 Å². The summed E-state index contributed by atoms with van der Waals surface area (Å²) in [6.07, 6.45) is 0.667. The molecule has 0 spiro atoms. The predicted molar refractivity (Wildman–Crippen MR) is 105 cm³/mol. The molecule has 140 valence electrons. The Labute approximate surface area is 158 Å². The van der Waals surface area contributed by atoms with E-state index in [9.17, 15) is 4.79 Å². The maximum Gasteiger partial charge on any atom is 0.317 e. The number of urea groups is 1. The van der Waals surface area contributed by atoms with Crippen molar-refractivity contribution in [3.63, 3.8) is 0 Å². The van der Waals surface area contributed by atoms with Crippen molar-refractivity contribution in [2.24, 2.45) is 0 Å². The summed E-state index contributed by atoms with van der Waals surface area (Å²) in [5.74, 6) is 0.882. The van der Waals surface area contributed by atoms with Gasteiger partial charge in [-0.05, 0) is 24.6 Å². The number of nitrogens with zero attached hydrogens (tertiary/aromatic N) is 2. The third-order valence-electron chi connectivity index (χ3n) is 5.02. The largest absolute Gasteiger partial charge is 0.367 e. The Morgan fingerprint density at radius 1 is 1.22 bits per heavy atom. The number of carbonyl (C=O) groups is 1. The first-order chi connectivity index (χ1) is 13.1. The number of H-pyrrole nitrogens is 1. The standard InChI is InChI=1S/C21H24N4O2/c1-21(16-7-3-2-4-8-16)15-25(13-14-27-21)20(26)22-12-11-19-23-17-9-5-6-10-18(17)24-19/h2-10H,11-15H2,1H3,(H,22,26)(H,23,24). The molecule has 1 fully saturated rings. The lowest BCUT2D eigenvalue weighted by atomic mass is 9.94. The molecule has 2 heterocycles. The van der Waals surface area contributed by atoms with Crippen LogP contribution in [0, 0.1) is 0 Å². The Bertz CT molecular complexity index is 891. The number of carbonyl (C=O) groups excluding carboxylic acids is 1. The SMILES string of the molecule is CC1(c2ccccc2)CN(C(=O)NCCc2nc3ccccc3[nH]2)CCO1. The lowest BCUT2D eigenvalue weighted by Gasteiger charge is -2.40. The smallest absolute Gasteiger partial charge is 0.317 e. The van der Waals surface area contributed by atoms with E-state index in [2.05, 4.69) is 15.3 Å². The summed E-state index contributed by atoms with van der Waals surface area (Å²) >= 11 is 0. The molecular weight excluding hydrogens is 340 g/mol. The fourth-order valence-corrected chi connectivity index (χ4v) is 3.53. The summed E-state index contributed by atoms with van der Waals surface area (Å²) in [6.45, 7) is 4.24.